The Bertz CT molecular complexity index is 461. The zero-order valence-electron chi connectivity index (χ0n) is 11.2. The van der Waals surface area contributed by atoms with Gasteiger partial charge in [0.1, 0.15) is 0 Å². The summed E-state index contributed by atoms with van der Waals surface area (Å²) in [6.07, 6.45) is -4.69. The lowest BCUT2D eigenvalue weighted by Gasteiger charge is -2.11. The fourth-order valence-corrected chi connectivity index (χ4v) is 1.72. The van der Waals surface area contributed by atoms with Crippen molar-refractivity contribution >= 4 is 11.6 Å². The molecule has 0 aliphatic rings. The summed E-state index contributed by atoms with van der Waals surface area (Å²) in [6.45, 7) is 2.03. The Balaban J connectivity index is 2.45. The summed E-state index contributed by atoms with van der Waals surface area (Å²) in [5.74, 6) is 4.95. The molecule has 0 aliphatic heterocycles. The first-order valence-corrected chi connectivity index (χ1v) is 6.25. The van der Waals surface area contributed by atoms with Crippen LogP contribution in [0.3, 0.4) is 0 Å². The van der Waals surface area contributed by atoms with E-state index in [1.807, 2.05) is 6.92 Å². The van der Waals surface area contributed by atoms with E-state index in [1.54, 1.807) is 18.2 Å². The molecule has 1 aromatic rings. The zero-order valence-corrected chi connectivity index (χ0v) is 11.2. The predicted molar refractivity (Wildman–Crippen MR) is 71.2 cm³/mol. The molecule has 0 radical (unpaired) electrons. The van der Waals surface area contributed by atoms with Gasteiger partial charge in [0.05, 0.1) is 11.3 Å². The number of unbranched alkanes of at least 4 members (excludes halogenated alkanes) is 1. The fraction of sp³-hybridized carbons (Fsp3) is 0.462. The van der Waals surface area contributed by atoms with Gasteiger partial charge >= 0.3 is 6.18 Å². The van der Waals surface area contributed by atoms with E-state index in [4.69, 9.17) is 5.84 Å². The normalized spacial score (nSPS) is 11.2. The Labute approximate surface area is 115 Å². The van der Waals surface area contributed by atoms with Crippen molar-refractivity contribution in [3.05, 3.63) is 29.3 Å². The van der Waals surface area contributed by atoms with Crippen molar-refractivity contribution in [1.29, 1.82) is 0 Å². The number of amides is 1. The SMILES string of the molecule is Cc1ccc(NN)c(C(=O)NCCCCC(F)(F)F)c1. The van der Waals surface area contributed by atoms with Crippen LogP contribution >= 0.6 is 0 Å². The van der Waals surface area contributed by atoms with E-state index in [9.17, 15) is 18.0 Å². The molecule has 0 aromatic heterocycles. The maximum absolute atomic E-state index is 11.9. The summed E-state index contributed by atoms with van der Waals surface area (Å²) in [4.78, 5) is 11.9. The minimum atomic E-state index is -4.14. The van der Waals surface area contributed by atoms with Crippen molar-refractivity contribution in [2.45, 2.75) is 32.4 Å². The van der Waals surface area contributed by atoms with Gasteiger partial charge in [-0.3, -0.25) is 10.6 Å². The van der Waals surface area contributed by atoms with Crippen LogP contribution in [0.25, 0.3) is 0 Å². The average Bonchev–Trinajstić information content (AvgIpc) is 2.36. The van der Waals surface area contributed by atoms with Gasteiger partial charge in [-0.15, -0.1) is 0 Å². The van der Waals surface area contributed by atoms with Gasteiger partial charge < -0.3 is 10.7 Å². The second-order valence-electron chi connectivity index (χ2n) is 4.52. The quantitative estimate of drug-likeness (QED) is 0.428. The highest BCUT2D eigenvalue weighted by molar-refractivity contribution is 5.99. The molecule has 112 valence electrons. The lowest BCUT2D eigenvalue weighted by Crippen LogP contribution is -2.26. The van der Waals surface area contributed by atoms with Crippen LogP contribution in [0.4, 0.5) is 18.9 Å². The third-order valence-corrected chi connectivity index (χ3v) is 2.75. The van der Waals surface area contributed by atoms with Gasteiger partial charge in [0.2, 0.25) is 0 Å². The number of nitrogens with one attached hydrogen (secondary N) is 2. The molecule has 0 aliphatic carbocycles. The Morgan fingerprint density at radius 1 is 1.30 bits per heavy atom. The van der Waals surface area contributed by atoms with Gasteiger partial charge in [-0.25, -0.2) is 0 Å². The number of carbonyl (C=O) groups is 1. The first-order chi connectivity index (χ1) is 9.33. The van der Waals surface area contributed by atoms with E-state index < -0.39 is 12.6 Å². The maximum atomic E-state index is 11.9. The summed E-state index contributed by atoms with van der Waals surface area (Å²) in [5.41, 5.74) is 4.16. The molecule has 20 heavy (non-hydrogen) atoms. The Morgan fingerprint density at radius 3 is 2.60 bits per heavy atom. The van der Waals surface area contributed by atoms with Crippen molar-refractivity contribution in [2.24, 2.45) is 5.84 Å². The number of hydrazine groups is 1. The number of alkyl halides is 3. The Hall–Kier alpha value is -1.76. The molecule has 0 atom stereocenters. The molecular formula is C13H18F3N3O. The van der Waals surface area contributed by atoms with Crippen LogP contribution in [0.15, 0.2) is 18.2 Å². The van der Waals surface area contributed by atoms with Crippen molar-refractivity contribution in [1.82, 2.24) is 5.32 Å². The summed E-state index contributed by atoms with van der Waals surface area (Å²) in [6, 6.07) is 5.14. The van der Waals surface area contributed by atoms with Gasteiger partial charge in [-0.2, -0.15) is 13.2 Å². The van der Waals surface area contributed by atoms with Gasteiger partial charge in [0.25, 0.3) is 5.91 Å². The Morgan fingerprint density at radius 2 is 2.00 bits per heavy atom. The van der Waals surface area contributed by atoms with Crippen LogP contribution in [-0.4, -0.2) is 18.6 Å². The molecule has 0 fully saturated rings. The standard InChI is InChI=1S/C13H18F3N3O/c1-9-4-5-11(19-17)10(8-9)12(20)18-7-3-2-6-13(14,15)16/h4-5,8,19H,2-3,6-7,17H2,1H3,(H,18,20). The highest BCUT2D eigenvalue weighted by Gasteiger charge is 2.25. The number of benzene rings is 1. The third-order valence-electron chi connectivity index (χ3n) is 2.75. The molecule has 7 heteroatoms. The molecule has 0 spiro atoms. The van der Waals surface area contributed by atoms with E-state index in [1.165, 1.54) is 0 Å². The monoisotopic (exact) mass is 289 g/mol. The van der Waals surface area contributed by atoms with Crippen LogP contribution in [0, 0.1) is 6.92 Å². The highest BCUT2D eigenvalue weighted by atomic mass is 19.4. The number of nitrogen functional groups attached to an aromatic ring is 1. The number of hydrogen-bond acceptors (Lipinski definition) is 3. The highest BCUT2D eigenvalue weighted by Crippen LogP contribution is 2.22. The maximum Gasteiger partial charge on any atom is 0.389 e. The van der Waals surface area contributed by atoms with Crippen molar-refractivity contribution in [3.8, 4) is 0 Å². The van der Waals surface area contributed by atoms with Crippen LogP contribution < -0.4 is 16.6 Å². The van der Waals surface area contributed by atoms with Crippen LogP contribution in [0.5, 0.6) is 0 Å². The lowest BCUT2D eigenvalue weighted by atomic mass is 10.1. The topological polar surface area (TPSA) is 67.1 Å². The van der Waals surface area contributed by atoms with Gasteiger partial charge in [-0.05, 0) is 31.9 Å². The molecule has 1 rings (SSSR count). The van der Waals surface area contributed by atoms with Crippen molar-refractivity contribution in [2.75, 3.05) is 12.0 Å². The number of hydrogen-bond donors (Lipinski definition) is 3. The molecular weight excluding hydrogens is 271 g/mol. The lowest BCUT2D eigenvalue weighted by molar-refractivity contribution is -0.135. The molecule has 0 saturated heterocycles. The van der Waals surface area contributed by atoms with E-state index in [2.05, 4.69) is 10.7 Å². The molecule has 0 saturated carbocycles. The van der Waals surface area contributed by atoms with E-state index >= 15 is 0 Å². The minimum absolute atomic E-state index is 0.000403. The molecule has 4 nitrogen and oxygen atoms in total. The first kappa shape index (κ1) is 16.3. The number of rotatable bonds is 6. The van der Waals surface area contributed by atoms with Gasteiger partial charge in [0, 0.05) is 13.0 Å². The van der Waals surface area contributed by atoms with Crippen molar-refractivity contribution < 1.29 is 18.0 Å². The zero-order chi connectivity index (χ0) is 15.2. The van der Waals surface area contributed by atoms with E-state index in [0.29, 0.717) is 11.3 Å². The molecule has 4 N–H and O–H groups in total. The first-order valence-electron chi connectivity index (χ1n) is 6.25. The number of nitrogens with two attached hydrogens (primary N) is 1. The smallest absolute Gasteiger partial charge is 0.352 e. The van der Waals surface area contributed by atoms with E-state index in [0.717, 1.165) is 5.56 Å². The molecule has 1 aromatic carbocycles. The van der Waals surface area contributed by atoms with Crippen LogP contribution in [-0.2, 0) is 0 Å². The number of anilines is 1. The van der Waals surface area contributed by atoms with Crippen LogP contribution in [0.2, 0.25) is 0 Å². The average molecular weight is 289 g/mol. The van der Waals surface area contributed by atoms with Crippen molar-refractivity contribution in [3.63, 3.8) is 0 Å². The summed E-state index contributed by atoms with van der Waals surface area (Å²) in [7, 11) is 0. The summed E-state index contributed by atoms with van der Waals surface area (Å²) < 4.78 is 35.8. The van der Waals surface area contributed by atoms with Gasteiger partial charge in [0.15, 0.2) is 0 Å². The van der Waals surface area contributed by atoms with Crippen LogP contribution in [0.1, 0.15) is 35.2 Å². The second-order valence-corrected chi connectivity index (χ2v) is 4.52. The van der Waals surface area contributed by atoms with Gasteiger partial charge in [-0.1, -0.05) is 11.6 Å². The largest absolute Gasteiger partial charge is 0.389 e. The van der Waals surface area contributed by atoms with E-state index in [-0.39, 0.29) is 25.3 Å². The molecule has 0 unspecified atom stereocenters. The number of aryl methyl sites for hydroxylation is 1. The molecule has 1 amide bonds. The minimum Gasteiger partial charge on any atom is -0.352 e. The predicted octanol–water partition coefficient (Wildman–Crippen LogP) is 2.74. The number of carbonyl (C=O) groups excluding carboxylic acids is 1. The summed E-state index contributed by atoms with van der Waals surface area (Å²) in [5, 5.41) is 2.59. The second kappa shape index (κ2) is 7.14. The fourth-order valence-electron chi connectivity index (χ4n) is 1.72. The number of halogens is 3. The summed E-state index contributed by atoms with van der Waals surface area (Å²) >= 11 is 0. The Kier molecular flexibility index (Phi) is 5.82. The molecule has 0 bridgehead atoms. The molecule has 0 heterocycles. The third kappa shape index (κ3) is 5.48.